The third-order valence-corrected chi connectivity index (χ3v) is 7.19. The third-order valence-electron chi connectivity index (χ3n) is 6.10. The van der Waals surface area contributed by atoms with E-state index in [4.69, 9.17) is 0 Å². The molecule has 2 aromatic carbocycles. The van der Waals surface area contributed by atoms with Crippen LogP contribution in [-0.4, -0.2) is 44.1 Å². The highest BCUT2D eigenvalue weighted by Crippen LogP contribution is 2.32. The van der Waals surface area contributed by atoms with Crippen LogP contribution in [0.2, 0.25) is 0 Å². The second-order valence-electron chi connectivity index (χ2n) is 8.81. The Morgan fingerprint density at radius 2 is 1.94 bits per heavy atom. The molecule has 0 spiro atoms. The van der Waals surface area contributed by atoms with Gasteiger partial charge in [0.1, 0.15) is 0 Å². The molecular weight excluding hydrogens is 440 g/mol. The maximum Gasteiger partial charge on any atom is 0.326 e. The van der Waals surface area contributed by atoms with Gasteiger partial charge in [-0.1, -0.05) is 26.0 Å². The monoisotopic (exact) mass is 468 g/mol. The molecule has 0 unspecified atom stereocenters. The van der Waals surface area contributed by atoms with Crippen LogP contribution in [0, 0.1) is 16.0 Å². The van der Waals surface area contributed by atoms with E-state index in [0.717, 1.165) is 23.2 Å². The van der Waals surface area contributed by atoms with Gasteiger partial charge in [0.05, 0.1) is 20.9 Å². The molecule has 1 fully saturated rings. The van der Waals surface area contributed by atoms with Crippen LogP contribution < -0.4 is 5.69 Å². The number of H-pyrrole nitrogens is 1. The largest absolute Gasteiger partial charge is 0.338 e. The van der Waals surface area contributed by atoms with E-state index in [1.165, 1.54) is 17.8 Å². The minimum atomic E-state index is -0.413. The Kier molecular flexibility index (Phi) is 6.88. The Balaban J connectivity index is 1.46. The van der Waals surface area contributed by atoms with Gasteiger partial charge in [0, 0.05) is 30.8 Å². The number of nitro groups is 1. The van der Waals surface area contributed by atoms with Crippen molar-refractivity contribution in [1.82, 2.24) is 14.5 Å². The van der Waals surface area contributed by atoms with Gasteiger partial charge in [-0.15, -0.1) is 11.8 Å². The number of hydrogen-bond donors (Lipinski definition) is 1. The second-order valence-corrected chi connectivity index (χ2v) is 9.95. The molecule has 0 radical (unpaired) electrons. The highest BCUT2D eigenvalue weighted by Gasteiger charge is 2.28. The van der Waals surface area contributed by atoms with Crippen molar-refractivity contribution < 1.29 is 9.72 Å². The summed E-state index contributed by atoms with van der Waals surface area (Å²) in [5.74, 6) is 1.12. The number of nitrogens with one attached hydrogen (secondary N) is 1. The summed E-state index contributed by atoms with van der Waals surface area (Å²) < 4.78 is 1.78. The predicted molar refractivity (Wildman–Crippen MR) is 130 cm³/mol. The number of imidazole rings is 1. The van der Waals surface area contributed by atoms with Crippen molar-refractivity contribution in [3.8, 4) is 0 Å². The standard InChI is InChI=1S/C24H28N4O4S/c1-16(2)11-14-33-22-8-7-17(15-21(22)28(31)32)23(29)26-12-9-18(10-13-26)27-20-6-4-3-5-19(20)25-24(27)30/h3-8,15-16,18H,9-14H2,1-2H3,(H,25,30). The van der Waals surface area contributed by atoms with Crippen molar-refractivity contribution in [2.24, 2.45) is 5.92 Å². The summed E-state index contributed by atoms with van der Waals surface area (Å²) in [5, 5.41) is 11.6. The molecule has 0 bridgehead atoms. The fraction of sp³-hybridized carbons (Fsp3) is 0.417. The quantitative estimate of drug-likeness (QED) is 0.303. The average Bonchev–Trinajstić information content (AvgIpc) is 3.14. The molecule has 1 aliphatic rings. The number of benzene rings is 2. The molecule has 4 rings (SSSR count). The Hall–Kier alpha value is -3.07. The molecule has 3 aromatic rings. The van der Waals surface area contributed by atoms with E-state index in [0.29, 0.717) is 42.3 Å². The van der Waals surface area contributed by atoms with Crippen LogP contribution in [0.15, 0.2) is 52.2 Å². The number of piperidine rings is 1. The van der Waals surface area contributed by atoms with Crippen molar-refractivity contribution in [1.29, 1.82) is 0 Å². The average molecular weight is 469 g/mol. The van der Waals surface area contributed by atoms with E-state index in [1.807, 2.05) is 24.3 Å². The molecular formula is C24H28N4O4S. The summed E-state index contributed by atoms with van der Waals surface area (Å²) in [7, 11) is 0. The summed E-state index contributed by atoms with van der Waals surface area (Å²) in [6.45, 7) is 5.23. The topological polar surface area (TPSA) is 101 Å². The zero-order valence-electron chi connectivity index (χ0n) is 18.8. The van der Waals surface area contributed by atoms with Crippen molar-refractivity contribution in [3.05, 3.63) is 68.6 Å². The summed E-state index contributed by atoms with van der Waals surface area (Å²) in [5.41, 5.74) is 1.85. The Morgan fingerprint density at radius 1 is 1.21 bits per heavy atom. The van der Waals surface area contributed by atoms with Gasteiger partial charge in [-0.05, 0) is 55.2 Å². The van der Waals surface area contributed by atoms with Crippen molar-refractivity contribution in [2.75, 3.05) is 18.8 Å². The van der Waals surface area contributed by atoms with Crippen molar-refractivity contribution in [3.63, 3.8) is 0 Å². The smallest absolute Gasteiger partial charge is 0.326 e. The van der Waals surface area contributed by atoms with Crippen LogP contribution in [0.4, 0.5) is 5.69 Å². The number of aromatic amines is 1. The molecule has 1 saturated heterocycles. The number of carbonyl (C=O) groups is 1. The molecule has 1 amide bonds. The number of rotatable bonds is 7. The summed E-state index contributed by atoms with van der Waals surface area (Å²) in [6.07, 6.45) is 2.27. The summed E-state index contributed by atoms with van der Waals surface area (Å²) in [4.78, 5) is 42.0. The minimum Gasteiger partial charge on any atom is -0.338 e. The maximum absolute atomic E-state index is 13.1. The van der Waals surface area contributed by atoms with Gasteiger partial charge in [-0.3, -0.25) is 19.5 Å². The zero-order chi connectivity index (χ0) is 23.5. The molecule has 8 nitrogen and oxygen atoms in total. The van der Waals surface area contributed by atoms with Gasteiger partial charge < -0.3 is 9.88 Å². The molecule has 0 atom stereocenters. The normalized spacial score (nSPS) is 14.8. The lowest BCUT2D eigenvalue weighted by Crippen LogP contribution is -2.40. The molecule has 174 valence electrons. The minimum absolute atomic E-state index is 0.00627. The van der Waals surface area contributed by atoms with Crippen LogP contribution >= 0.6 is 11.8 Å². The number of hydrogen-bond acceptors (Lipinski definition) is 5. The molecule has 2 heterocycles. The van der Waals surface area contributed by atoms with Gasteiger partial charge in [-0.25, -0.2) is 4.79 Å². The van der Waals surface area contributed by atoms with E-state index < -0.39 is 4.92 Å². The van der Waals surface area contributed by atoms with Gasteiger partial charge in [0.25, 0.3) is 11.6 Å². The molecule has 9 heteroatoms. The lowest BCUT2D eigenvalue weighted by atomic mass is 10.0. The first kappa shape index (κ1) is 23.1. The van der Waals surface area contributed by atoms with Crippen LogP contribution in [0.5, 0.6) is 0 Å². The Bertz CT molecular complexity index is 1220. The number of carbonyl (C=O) groups excluding carboxylic acids is 1. The highest BCUT2D eigenvalue weighted by molar-refractivity contribution is 7.99. The third kappa shape index (κ3) is 4.98. The lowest BCUT2D eigenvalue weighted by molar-refractivity contribution is -0.387. The second kappa shape index (κ2) is 9.82. The van der Waals surface area contributed by atoms with Crippen molar-refractivity contribution >= 4 is 34.4 Å². The molecule has 1 aliphatic heterocycles. The maximum atomic E-state index is 13.1. The van der Waals surface area contributed by atoms with Crippen LogP contribution in [0.1, 0.15) is 49.5 Å². The fourth-order valence-corrected chi connectivity index (χ4v) is 5.52. The van der Waals surface area contributed by atoms with E-state index in [-0.39, 0.29) is 23.3 Å². The van der Waals surface area contributed by atoms with E-state index in [1.54, 1.807) is 21.6 Å². The van der Waals surface area contributed by atoms with E-state index in [2.05, 4.69) is 18.8 Å². The SMILES string of the molecule is CC(C)CCSc1ccc(C(=O)N2CCC(n3c(=O)[nH]c4ccccc43)CC2)cc1[N+](=O)[O-]. The molecule has 0 aliphatic carbocycles. The van der Waals surface area contributed by atoms with E-state index in [9.17, 15) is 19.7 Å². The Morgan fingerprint density at radius 3 is 2.64 bits per heavy atom. The van der Waals surface area contributed by atoms with Gasteiger partial charge >= 0.3 is 5.69 Å². The van der Waals surface area contributed by atoms with Crippen molar-refractivity contribution in [2.45, 2.75) is 44.0 Å². The fourth-order valence-electron chi connectivity index (χ4n) is 4.27. The summed E-state index contributed by atoms with van der Waals surface area (Å²) >= 11 is 1.46. The number of aromatic nitrogens is 2. The number of para-hydroxylation sites is 2. The number of amides is 1. The first-order chi connectivity index (χ1) is 15.8. The Labute approximate surface area is 196 Å². The zero-order valence-corrected chi connectivity index (χ0v) is 19.6. The van der Waals surface area contributed by atoms with Gasteiger partial charge in [-0.2, -0.15) is 0 Å². The van der Waals surface area contributed by atoms with Gasteiger partial charge in [0.2, 0.25) is 0 Å². The molecule has 1 aromatic heterocycles. The van der Waals surface area contributed by atoms with Crippen LogP contribution in [0.25, 0.3) is 11.0 Å². The number of nitrogens with zero attached hydrogens (tertiary/aromatic N) is 3. The number of nitro benzene ring substituents is 1. The molecule has 1 N–H and O–H groups in total. The predicted octanol–water partition coefficient (Wildman–Crippen LogP) is 4.85. The van der Waals surface area contributed by atoms with E-state index >= 15 is 0 Å². The highest BCUT2D eigenvalue weighted by atomic mass is 32.2. The number of thioether (sulfide) groups is 1. The first-order valence-corrected chi connectivity index (χ1v) is 12.2. The molecule has 33 heavy (non-hydrogen) atoms. The summed E-state index contributed by atoms with van der Waals surface area (Å²) in [6, 6.07) is 12.4. The van der Waals surface area contributed by atoms with Gasteiger partial charge in [0.15, 0.2) is 0 Å². The number of likely N-dealkylation sites (tertiary alicyclic amines) is 1. The first-order valence-electron chi connectivity index (χ1n) is 11.2. The molecule has 0 saturated carbocycles. The lowest BCUT2D eigenvalue weighted by Gasteiger charge is -2.32. The van der Waals surface area contributed by atoms with Crippen LogP contribution in [-0.2, 0) is 0 Å². The number of fused-ring (bicyclic) bond motifs is 1. The van der Waals surface area contributed by atoms with Crippen LogP contribution in [0.3, 0.4) is 0 Å².